The van der Waals surface area contributed by atoms with Gasteiger partial charge in [-0.15, -0.1) is 11.8 Å². The van der Waals surface area contributed by atoms with Crippen LogP contribution in [0.15, 0.2) is 74.8 Å². The van der Waals surface area contributed by atoms with E-state index < -0.39 is 0 Å². The molecule has 0 radical (unpaired) electrons. The minimum atomic E-state index is -0.0307. The molecule has 0 aromatic heterocycles. The Morgan fingerprint density at radius 2 is 2.24 bits per heavy atom. The van der Waals surface area contributed by atoms with Crippen LogP contribution in [0.1, 0.15) is 33.1 Å². The van der Waals surface area contributed by atoms with E-state index in [0.717, 1.165) is 41.3 Å². The van der Waals surface area contributed by atoms with E-state index in [4.69, 9.17) is 16.6 Å². The van der Waals surface area contributed by atoms with Gasteiger partial charge in [0, 0.05) is 40.9 Å². The first-order valence-corrected chi connectivity index (χ1v) is 11.4. The summed E-state index contributed by atoms with van der Waals surface area (Å²) in [6.45, 7) is 8.43. The van der Waals surface area contributed by atoms with Crippen molar-refractivity contribution in [3.63, 3.8) is 0 Å². The van der Waals surface area contributed by atoms with E-state index in [1.165, 1.54) is 5.57 Å². The number of amides is 1. The zero-order chi connectivity index (χ0) is 20.8. The number of thioether (sulfide) groups is 1. The SMILES string of the molecule is C=C1CC(C2=CSCCC=C2)N=C(C2=C(Cl)C=CC(CNC(=O)C(C)C)=CC2)N1. The average molecular weight is 430 g/mol. The van der Waals surface area contributed by atoms with Gasteiger partial charge in [-0.3, -0.25) is 9.79 Å². The number of halogens is 1. The van der Waals surface area contributed by atoms with Crippen molar-refractivity contribution in [1.29, 1.82) is 0 Å². The maximum atomic E-state index is 11.8. The van der Waals surface area contributed by atoms with Crippen LogP contribution in [0.5, 0.6) is 0 Å². The van der Waals surface area contributed by atoms with Crippen LogP contribution in [0.4, 0.5) is 0 Å². The van der Waals surface area contributed by atoms with Crippen LogP contribution in [-0.2, 0) is 4.79 Å². The van der Waals surface area contributed by atoms with E-state index in [1.807, 2.05) is 37.8 Å². The largest absolute Gasteiger partial charge is 0.352 e. The summed E-state index contributed by atoms with van der Waals surface area (Å²) >= 11 is 8.43. The zero-order valence-corrected chi connectivity index (χ0v) is 18.6. The van der Waals surface area contributed by atoms with Crippen molar-refractivity contribution < 1.29 is 4.79 Å². The van der Waals surface area contributed by atoms with Crippen LogP contribution in [0.2, 0.25) is 0 Å². The van der Waals surface area contributed by atoms with Crippen LogP contribution in [0.25, 0.3) is 0 Å². The predicted molar refractivity (Wildman–Crippen MR) is 125 cm³/mol. The molecule has 4 nitrogen and oxygen atoms in total. The van der Waals surface area contributed by atoms with Crippen molar-refractivity contribution in [3.8, 4) is 0 Å². The lowest BCUT2D eigenvalue weighted by molar-refractivity contribution is -0.123. The normalized spacial score (nSPS) is 22.4. The summed E-state index contributed by atoms with van der Waals surface area (Å²) < 4.78 is 0. The lowest BCUT2D eigenvalue weighted by atomic mass is 10.00. The van der Waals surface area contributed by atoms with Gasteiger partial charge in [0.2, 0.25) is 5.91 Å². The Morgan fingerprint density at radius 1 is 1.41 bits per heavy atom. The van der Waals surface area contributed by atoms with Crippen molar-refractivity contribution >= 4 is 35.1 Å². The van der Waals surface area contributed by atoms with Crippen molar-refractivity contribution in [1.82, 2.24) is 10.6 Å². The predicted octanol–water partition coefficient (Wildman–Crippen LogP) is 4.99. The summed E-state index contributed by atoms with van der Waals surface area (Å²) in [6, 6.07) is 0.0542. The van der Waals surface area contributed by atoms with Crippen LogP contribution < -0.4 is 10.6 Å². The number of allylic oxidation sites excluding steroid dienone is 4. The number of hydrogen-bond acceptors (Lipinski definition) is 4. The molecule has 2 heterocycles. The highest BCUT2D eigenvalue weighted by Gasteiger charge is 2.23. The van der Waals surface area contributed by atoms with Gasteiger partial charge in [-0.1, -0.05) is 56.3 Å². The topological polar surface area (TPSA) is 53.5 Å². The first-order chi connectivity index (χ1) is 13.9. The average Bonchev–Trinajstić information content (AvgIpc) is 3.07. The van der Waals surface area contributed by atoms with Gasteiger partial charge in [0.15, 0.2) is 0 Å². The molecular weight excluding hydrogens is 402 g/mol. The van der Waals surface area contributed by atoms with Crippen molar-refractivity contribution in [2.45, 2.75) is 39.2 Å². The number of nitrogens with zero attached hydrogens (tertiary/aromatic N) is 1. The van der Waals surface area contributed by atoms with E-state index in [-0.39, 0.29) is 17.9 Å². The molecule has 0 spiro atoms. The summed E-state index contributed by atoms with van der Waals surface area (Å²) in [5, 5.41) is 9.16. The quantitative estimate of drug-likeness (QED) is 0.647. The Balaban J connectivity index is 1.77. The highest BCUT2D eigenvalue weighted by atomic mass is 35.5. The Hall–Kier alpha value is -1.98. The van der Waals surface area contributed by atoms with Gasteiger partial charge >= 0.3 is 0 Å². The number of carbonyl (C=O) groups is 1. The minimum absolute atomic E-state index is 0.0307. The zero-order valence-electron chi connectivity index (χ0n) is 17.0. The van der Waals surface area contributed by atoms with Gasteiger partial charge in [-0.05, 0) is 35.5 Å². The highest BCUT2D eigenvalue weighted by Crippen LogP contribution is 2.28. The van der Waals surface area contributed by atoms with Gasteiger partial charge < -0.3 is 10.6 Å². The monoisotopic (exact) mass is 429 g/mol. The second-order valence-electron chi connectivity index (χ2n) is 7.62. The Bertz CT molecular complexity index is 861. The molecule has 0 aromatic rings. The fourth-order valence-corrected chi connectivity index (χ4v) is 4.23. The Morgan fingerprint density at radius 3 is 3.03 bits per heavy atom. The lowest BCUT2D eigenvalue weighted by Gasteiger charge is -2.26. The summed E-state index contributed by atoms with van der Waals surface area (Å²) in [5.41, 5.74) is 4.15. The molecule has 0 bridgehead atoms. The van der Waals surface area contributed by atoms with Crippen LogP contribution >= 0.6 is 23.4 Å². The van der Waals surface area contributed by atoms with E-state index >= 15 is 0 Å². The number of amidine groups is 1. The van der Waals surface area contributed by atoms with Crippen LogP contribution in [0.3, 0.4) is 0 Å². The first kappa shape index (κ1) is 21.7. The van der Waals surface area contributed by atoms with Crippen molar-refractivity contribution in [3.05, 3.63) is 69.8 Å². The molecule has 29 heavy (non-hydrogen) atoms. The molecule has 1 atom stereocenters. The molecule has 1 unspecified atom stereocenters. The molecule has 2 aliphatic heterocycles. The smallest absolute Gasteiger partial charge is 0.222 e. The molecule has 6 heteroatoms. The summed E-state index contributed by atoms with van der Waals surface area (Å²) in [4.78, 5) is 16.8. The van der Waals surface area contributed by atoms with Gasteiger partial charge in [-0.25, -0.2) is 0 Å². The second kappa shape index (κ2) is 10.2. The molecule has 1 aliphatic carbocycles. The van der Waals surface area contributed by atoms with Gasteiger partial charge in [0.1, 0.15) is 5.84 Å². The van der Waals surface area contributed by atoms with Gasteiger partial charge in [0.25, 0.3) is 0 Å². The number of carbonyl (C=O) groups excluding carboxylic acids is 1. The van der Waals surface area contributed by atoms with E-state index in [9.17, 15) is 4.79 Å². The molecule has 0 aromatic carbocycles. The third-order valence-electron chi connectivity index (χ3n) is 4.91. The van der Waals surface area contributed by atoms with Crippen LogP contribution in [-0.4, -0.2) is 30.1 Å². The van der Waals surface area contributed by atoms with E-state index in [2.05, 4.69) is 40.8 Å². The van der Waals surface area contributed by atoms with Gasteiger partial charge in [0.05, 0.1) is 6.04 Å². The maximum Gasteiger partial charge on any atom is 0.222 e. The van der Waals surface area contributed by atoms with E-state index in [1.54, 1.807) is 0 Å². The number of aliphatic imine (C=N–C) groups is 1. The standard InChI is InChI=1S/C23H28ClN3OS/c1-15(2)23(28)25-13-17-7-9-19(20(24)10-8-17)22-26-16(3)12-21(27-22)18-6-4-5-11-29-14-18/h4,6-8,10,14-15,21H,3,5,9,11-13H2,1-2H3,(H,25,28)(H,26,27). The van der Waals surface area contributed by atoms with Crippen molar-refractivity contribution in [2.75, 3.05) is 12.3 Å². The lowest BCUT2D eigenvalue weighted by Crippen LogP contribution is -2.33. The highest BCUT2D eigenvalue weighted by molar-refractivity contribution is 8.02. The van der Waals surface area contributed by atoms with Crippen molar-refractivity contribution in [2.24, 2.45) is 10.9 Å². The Kier molecular flexibility index (Phi) is 7.62. The molecule has 2 N–H and O–H groups in total. The fourth-order valence-electron chi connectivity index (χ4n) is 3.18. The van der Waals surface area contributed by atoms with Crippen LogP contribution in [0, 0.1) is 5.92 Å². The number of rotatable bonds is 5. The molecule has 0 saturated carbocycles. The van der Waals surface area contributed by atoms with E-state index in [0.29, 0.717) is 18.0 Å². The molecule has 0 saturated heterocycles. The molecule has 3 aliphatic rings. The molecule has 0 fully saturated rings. The maximum absolute atomic E-state index is 11.8. The molecule has 154 valence electrons. The third kappa shape index (κ3) is 6.00. The molecule has 1 amide bonds. The molecular formula is C23H28ClN3OS. The first-order valence-electron chi connectivity index (χ1n) is 9.98. The Labute approximate surface area is 182 Å². The molecule has 3 rings (SSSR count). The summed E-state index contributed by atoms with van der Waals surface area (Å²) in [6.07, 6.45) is 12.8. The number of hydrogen-bond donors (Lipinski definition) is 2. The minimum Gasteiger partial charge on any atom is -0.352 e. The second-order valence-corrected chi connectivity index (χ2v) is 9.01. The number of nitrogens with one attached hydrogen (secondary N) is 2. The van der Waals surface area contributed by atoms with Gasteiger partial charge in [-0.2, -0.15) is 0 Å². The fraction of sp³-hybridized carbons (Fsp3) is 0.391. The third-order valence-corrected chi connectivity index (χ3v) is 6.18. The summed E-state index contributed by atoms with van der Waals surface area (Å²) in [5.74, 6) is 1.90. The summed E-state index contributed by atoms with van der Waals surface area (Å²) in [7, 11) is 0.